The number of rotatable bonds is 7. The number of nitrogens with zero attached hydrogens (tertiary/aromatic N) is 3. The second kappa shape index (κ2) is 6.70. The van der Waals surface area contributed by atoms with Crippen LogP contribution < -0.4 is 10.6 Å². The van der Waals surface area contributed by atoms with Gasteiger partial charge in [0.05, 0.1) is 11.0 Å². The molecule has 18 heavy (non-hydrogen) atoms. The number of hydrogen-bond donors (Lipinski definition) is 3. The van der Waals surface area contributed by atoms with E-state index in [9.17, 15) is 10.1 Å². The molecule has 0 saturated heterocycles. The smallest absolute Gasteiger partial charge is 0.353 e. The van der Waals surface area contributed by atoms with Crippen molar-refractivity contribution in [3.8, 4) is 0 Å². The van der Waals surface area contributed by atoms with Crippen molar-refractivity contribution in [3.63, 3.8) is 0 Å². The van der Waals surface area contributed by atoms with Crippen molar-refractivity contribution in [2.45, 2.75) is 26.4 Å². The van der Waals surface area contributed by atoms with Gasteiger partial charge in [-0.3, -0.25) is 10.1 Å². The average molecular weight is 255 g/mol. The Morgan fingerprint density at radius 3 is 2.56 bits per heavy atom. The summed E-state index contributed by atoms with van der Waals surface area (Å²) in [4.78, 5) is 18.2. The van der Waals surface area contributed by atoms with Gasteiger partial charge in [-0.05, 0) is 20.3 Å². The first-order valence-electron chi connectivity index (χ1n) is 5.71. The van der Waals surface area contributed by atoms with Crippen LogP contribution in [-0.2, 0) is 0 Å². The normalized spacial score (nSPS) is 11.9. The Hall–Kier alpha value is -1.96. The summed E-state index contributed by atoms with van der Waals surface area (Å²) in [6.07, 6.45) is 1.28. The molecule has 3 N–H and O–H groups in total. The second-order valence-electron chi connectivity index (χ2n) is 3.77. The molecule has 0 bridgehead atoms. The molecule has 0 saturated carbocycles. The number of nitro groups is 1. The highest BCUT2D eigenvalue weighted by Crippen LogP contribution is 2.28. The maximum Gasteiger partial charge on any atom is 0.353 e. The van der Waals surface area contributed by atoms with E-state index in [1.165, 1.54) is 6.33 Å². The van der Waals surface area contributed by atoms with Gasteiger partial charge in [-0.2, -0.15) is 0 Å². The van der Waals surface area contributed by atoms with Crippen molar-refractivity contribution in [1.29, 1.82) is 0 Å². The van der Waals surface area contributed by atoms with Crippen LogP contribution >= 0.6 is 0 Å². The van der Waals surface area contributed by atoms with Gasteiger partial charge in [-0.25, -0.2) is 9.97 Å². The van der Waals surface area contributed by atoms with Crippen LogP contribution in [0.1, 0.15) is 20.3 Å². The van der Waals surface area contributed by atoms with Crippen molar-refractivity contribution in [3.05, 3.63) is 16.4 Å². The predicted molar refractivity (Wildman–Crippen MR) is 67.6 cm³/mol. The maximum atomic E-state index is 11.0. The summed E-state index contributed by atoms with van der Waals surface area (Å²) in [5.41, 5.74) is -0.176. The zero-order valence-corrected chi connectivity index (χ0v) is 10.4. The molecular formula is C10H17N5O3. The minimum absolute atomic E-state index is 0.159. The molecule has 1 aromatic rings. The summed E-state index contributed by atoms with van der Waals surface area (Å²) in [5, 5.41) is 25.8. The van der Waals surface area contributed by atoms with Crippen LogP contribution in [0.25, 0.3) is 0 Å². The minimum atomic E-state index is -0.525. The summed E-state index contributed by atoms with van der Waals surface area (Å²) >= 11 is 0. The first-order chi connectivity index (χ1) is 8.56. The molecule has 0 amide bonds. The van der Waals surface area contributed by atoms with Crippen LogP contribution in [0.5, 0.6) is 0 Å². The highest BCUT2D eigenvalue weighted by Gasteiger charge is 2.22. The molecule has 1 heterocycles. The molecule has 0 aliphatic carbocycles. The van der Waals surface area contributed by atoms with Gasteiger partial charge < -0.3 is 15.7 Å². The van der Waals surface area contributed by atoms with Gasteiger partial charge in [0, 0.05) is 13.1 Å². The number of anilines is 2. The summed E-state index contributed by atoms with van der Waals surface area (Å²) < 4.78 is 0. The van der Waals surface area contributed by atoms with Crippen molar-refractivity contribution in [2.75, 3.05) is 23.7 Å². The van der Waals surface area contributed by atoms with Gasteiger partial charge in [0.2, 0.25) is 11.6 Å². The standard InChI is InChI=1S/C10H17N5O3/c1-3-11-9-8(15(17)18)10(14-6-13-9)12-5-4-7(2)16/h6-7,16H,3-5H2,1-2H3,(H2,11,12,13,14). The van der Waals surface area contributed by atoms with E-state index in [1.807, 2.05) is 6.92 Å². The highest BCUT2D eigenvalue weighted by molar-refractivity contribution is 5.69. The van der Waals surface area contributed by atoms with Crippen molar-refractivity contribution in [1.82, 2.24) is 9.97 Å². The van der Waals surface area contributed by atoms with Crippen molar-refractivity contribution < 1.29 is 10.0 Å². The SMILES string of the molecule is CCNc1ncnc(NCCC(C)O)c1[N+](=O)[O-]. The number of aliphatic hydroxyl groups is 1. The molecule has 8 nitrogen and oxygen atoms in total. The van der Waals surface area contributed by atoms with E-state index in [1.54, 1.807) is 6.92 Å². The van der Waals surface area contributed by atoms with Crippen LogP contribution in [-0.4, -0.2) is 39.2 Å². The molecule has 1 unspecified atom stereocenters. The van der Waals surface area contributed by atoms with Gasteiger partial charge in [0.1, 0.15) is 6.33 Å². The molecule has 0 aromatic carbocycles. The van der Waals surface area contributed by atoms with Gasteiger partial charge in [0.25, 0.3) is 0 Å². The molecule has 100 valence electrons. The molecule has 1 aromatic heterocycles. The Kier molecular flexibility index (Phi) is 5.25. The summed E-state index contributed by atoms with van der Waals surface area (Å²) in [6, 6.07) is 0. The summed E-state index contributed by atoms with van der Waals surface area (Å²) in [6.45, 7) is 4.42. The molecule has 0 aliphatic rings. The average Bonchev–Trinajstić information content (AvgIpc) is 2.28. The zero-order chi connectivity index (χ0) is 13.5. The summed E-state index contributed by atoms with van der Waals surface area (Å²) in [5.74, 6) is 0.351. The Bertz CT molecular complexity index is 410. The fourth-order valence-electron chi connectivity index (χ4n) is 1.38. The highest BCUT2D eigenvalue weighted by atomic mass is 16.6. The number of aromatic nitrogens is 2. The fourth-order valence-corrected chi connectivity index (χ4v) is 1.38. The molecule has 0 spiro atoms. The van der Waals surface area contributed by atoms with Gasteiger partial charge in [0.15, 0.2) is 0 Å². The zero-order valence-electron chi connectivity index (χ0n) is 10.4. The molecule has 1 rings (SSSR count). The lowest BCUT2D eigenvalue weighted by Crippen LogP contribution is -2.13. The van der Waals surface area contributed by atoms with Gasteiger partial charge in [-0.15, -0.1) is 0 Å². The third-order valence-corrected chi connectivity index (χ3v) is 2.20. The van der Waals surface area contributed by atoms with E-state index in [0.717, 1.165) is 0 Å². The van der Waals surface area contributed by atoms with E-state index in [2.05, 4.69) is 20.6 Å². The van der Waals surface area contributed by atoms with Crippen molar-refractivity contribution in [2.24, 2.45) is 0 Å². The van der Waals surface area contributed by atoms with Crippen LogP contribution in [0.2, 0.25) is 0 Å². The monoisotopic (exact) mass is 255 g/mol. The van der Waals surface area contributed by atoms with E-state index in [0.29, 0.717) is 19.5 Å². The van der Waals surface area contributed by atoms with Crippen LogP contribution in [0.4, 0.5) is 17.3 Å². The first-order valence-corrected chi connectivity index (χ1v) is 5.71. The van der Waals surface area contributed by atoms with E-state index >= 15 is 0 Å². The Balaban J connectivity index is 2.88. The van der Waals surface area contributed by atoms with Gasteiger partial charge in [-0.1, -0.05) is 0 Å². The molecule has 1 atom stereocenters. The van der Waals surface area contributed by atoms with Crippen LogP contribution in [0.3, 0.4) is 0 Å². The van der Waals surface area contributed by atoms with Crippen LogP contribution in [0, 0.1) is 10.1 Å². The molecule has 0 radical (unpaired) electrons. The lowest BCUT2D eigenvalue weighted by molar-refractivity contribution is -0.383. The lowest BCUT2D eigenvalue weighted by Gasteiger charge is -2.09. The quantitative estimate of drug-likeness (QED) is 0.492. The summed E-state index contributed by atoms with van der Waals surface area (Å²) in [7, 11) is 0. The minimum Gasteiger partial charge on any atom is -0.393 e. The molecule has 8 heteroatoms. The molecule has 0 aliphatic heterocycles. The van der Waals surface area contributed by atoms with E-state index < -0.39 is 11.0 Å². The van der Waals surface area contributed by atoms with E-state index in [-0.39, 0.29) is 17.3 Å². The number of nitrogens with one attached hydrogen (secondary N) is 2. The third-order valence-electron chi connectivity index (χ3n) is 2.20. The number of aliphatic hydroxyl groups excluding tert-OH is 1. The third kappa shape index (κ3) is 3.81. The Labute approximate surface area is 105 Å². The topological polar surface area (TPSA) is 113 Å². The lowest BCUT2D eigenvalue weighted by atomic mass is 10.3. The largest absolute Gasteiger partial charge is 0.393 e. The van der Waals surface area contributed by atoms with E-state index in [4.69, 9.17) is 5.11 Å². The fraction of sp³-hybridized carbons (Fsp3) is 0.600. The predicted octanol–water partition coefficient (Wildman–Crippen LogP) is 0.999. The second-order valence-corrected chi connectivity index (χ2v) is 3.77. The maximum absolute atomic E-state index is 11.0. The Morgan fingerprint density at radius 2 is 2.06 bits per heavy atom. The molecule has 0 fully saturated rings. The number of hydrogen-bond acceptors (Lipinski definition) is 7. The van der Waals surface area contributed by atoms with Crippen molar-refractivity contribution >= 4 is 17.3 Å². The Morgan fingerprint density at radius 1 is 1.44 bits per heavy atom. The first kappa shape index (κ1) is 14.1. The molecular weight excluding hydrogens is 238 g/mol. The van der Waals surface area contributed by atoms with Gasteiger partial charge >= 0.3 is 5.69 Å². The van der Waals surface area contributed by atoms with Crippen LogP contribution in [0.15, 0.2) is 6.33 Å².